The number of nitrogens with zero attached hydrogens (tertiary/aromatic N) is 3. The van der Waals surface area contributed by atoms with Gasteiger partial charge in [-0.15, -0.1) is 5.10 Å². The summed E-state index contributed by atoms with van der Waals surface area (Å²) in [6.07, 6.45) is 5.31. The average molecular weight is 368 g/mol. The van der Waals surface area contributed by atoms with Gasteiger partial charge in [0.05, 0.1) is 11.4 Å². The molecule has 1 unspecified atom stereocenters. The topological polar surface area (TPSA) is 123 Å². The zero-order valence-corrected chi connectivity index (χ0v) is 15.9. The Kier molecular flexibility index (Phi) is 7.43. The van der Waals surface area contributed by atoms with Crippen molar-refractivity contribution in [3.05, 3.63) is 35.5 Å². The Morgan fingerprint density at radius 2 is 2.00 bits per heavy atom. The second kappa shape index (κ2) is 9.78. The van der Waals surface area contributed by atoms with Gasteiger partial charge >= 0.3 is 0 Å². The number of phenolic OH excluding ortho intramolecular Hbond substituents is 1. The summed E-state index contributed by atoms with van der Waals surface area (Å²) >= 11 is 0. The van der Waals surface area contributed by atoms with Gasteiger partial charge in [-0.05, 0) is 69.5 Å². The van der Waals surface area contributed by atoms with Crippen LogP contribution < -0.4 is 5.73 Å². The molecule has 1 aromatic carbocycles. The lowest BCUT2D eigenvalue weighted by Gasteiger charge is -2.29. The highest BCUT2D eigenvalue weighted by Gasteiger charge is 2.19. The first-order chi connectivity index (χ1) is 12.9. The second-order valence-corrected chi connectivity index (χ2v) is 6.95. The molecule has 0 aliphatic carbocycles. The first-order valence-electron chi connectivity index (χ1n) is 9.04. The van der Waals surface area contributed by atoms with E-state index in [-0.39, 0.29) is 5.75 Å². The van der Waals surface area contributed by atoms with Crippen LogP contribution in [-0.4, -0.2) is 52.8 Å². The van der Waals surface area contributed by atoms with Gasteiger partial charge in [0.1, 0.15) is 5.75 Å². The number of nitrogen functional groups attached to an aromatic ring is 1. The number of piperidine rings is 1. The minimum Gasteiger partial charge on any atom is -0.507 e. The number of likely N-dealkylation sites (tertiary alicyclic amines) is 1. The van der Waals surface area contributed by atoms with Crippen molar-refractivity contribution in [2.24, 2.45) is 5.92 Å². The summed E-state index contributed by atoms with van der Waals surface area (Å²) in [5, 5.41) is 31.0. The lowest BCUT2D eigenvalue weighted by molar-refractivity contribution is 0.208. The number of benzene rings is 1. The predicted molar refractivity (Wildman–Crippen MR) is 110 cm³/mol. The number of anilines is 1. The Labute approximate surface area is 160 Å². The number of aryl methyl sites for hydroxylation is 1. The Morgan fingerprint density at radius 3 is 2.59 bits per heavy atom. The average Bonchev–Trinajstić information content (AvgIpc) is 2.63. The summed E-state index contributed by atoms with van der Waals surface area (Å²) < 4.78 is 0. The molecule has 1 fully saturated rings. The van der Waals surface area contributed by atoms with Crippen molar-refractivity contribution in [3.63, 3.8) is 0 Å². The molecule has 7 nitrogen and oxygen atoms in total. The molecular weight excluding hydrogens is 340 g/mol. The standard InChI is InChI=1S/C18H24N4O.C2H4N2/c1-12-8-15(9-13-4-3-7-22(2)11-13)20-21-18(12)16-6-5-14(19)10-17(16)23;3-1-2-4/h5-6,8,10,13,23H,3-4,7,9,11,19H2,1-2H3;1-4H. The molecule has 7 heteroatoms. The number of aromatic hydroxyl groups is 1. The number of phenols is 1. The molecule has 5 N–H and O–H groups in total. The second-order valence-electron chi connectivity index (χ2n) is 6.95. The zero-order valence-electron chi connectivity index (χ0n) is 15.9. The molecule has 3 rings (SSSR count). The number of hydrogen-bond acceptors (Lipinski definition) is 7. The molecule has 0 bridgehead atoms. The Morgan fingerprint density at radius 1 is 1.26 bits per heavy atom. The van der Waals surface area contributed by atoms with Gasteiger partial charge in [0.25, 0.3) is 0 Å². The molecule has 27 heavy (non-hydrogen) atoms. The molecule has 0 amide bonds. The molecule has 0 spiro atoms. The summed E-state index contributed by atoms with van der Waals surface area (Å²) in [6.45, 7) is 4.33. The van der Waals surface area contributed by atoms with E-state index in [9.17, 15) is 5.11 Å². The summed E-state index contributed by atoms with van der Waals surface area (Å²) in [6, 6.07) is 7.19. The third-order valence-corrected chi connectivity index (χ3v) is 4.62. The fourth-order valence-electron chi connectivity index (χ4n) is 3.39. The maximum absolute atomic E-state index is 10.1. The summed E-state index contributed by atoms with van der Waals surface area (Å²) in [7, 11) is 2.18. The van der Waals surface area contributed by atoms with E-state index in [1.807, 2.05) is 6.92 Å². The monoisotopic (exact) mass is 368 g/mol. The summed E-state index contributed by atoms with van der Waals surface area (Å²) in [4.78, 5) is 2.38. The molecule has 1 aliphatic heterocycles. The van der Waals surface area contributed by atoms with E-state index in [2.05, 4.69) is 28.2 Å². The normalized spacial score (nSPS) is 16.9. The van der Waals surface area contributed by atoms with Crippen LogP contribution in [0.4, 0.5) is 5.69 Å². The van der Waals surface area contributed by atoms with E-state index in [0.717, 1.165) is 36.7 Å². The van der Waals surface area contributed by atoms with Crippen LogP contribution in [0.15, 0.2) is 24.3 Å². The van der Waals surface area contributed by atoms with E-state index in [4.69, 9.17) is 16.6 Å². The highest BCUT2D eigenvalue weighted by molar-refractivity contribution is 6.12. The molecule has 2 aromatic rings. The van der Waals surface area contributed by atoms with Crippen LogP contribution in [0, 0.1) is 23.7 Å². The zero-order chi connectivity index (χ0) is 19.8. The smallest absolute Gasteiger partial charge is 0.127 e. The number of hydrogen-bond donors (Lipinski definition) is 4. The molecule has 1 saturated heterocycles. The highest BCUT2D eigenvalue weighted by atomic mass is 16.3. The fourth-order valence-corrected chi connectivity index (χ4v) is 3.39. The van der Waals surface area contributed by atoms with Crippen LogP contribution in [0.25, 0.3) is 11.3 Å². The minimum atomic E-state index is 0.143. The van der Waals surface area contributed by atoms with Crippen molar-refractivity contribution in [1.82, 2.24) is 15.1 Å². The lowest BCUT2D eigenvalue weighted by atomic mass is 9.93. The van der Waals surface area contributed by atoms with Crippen LogP contribution in [-0.2, 0) is 6.42 Å². The van der Waals surface area contributed by atoms with Gasteiger partial charge in [0, 0.05) is 36.3 Å². The van der Waals surface area contributed by atoms with Gasteiger partial charge in [0.15, 0.2) is 0 Å². The SMILES string of the molecule is Cc1cc(CC2CCCN(C)C2)nnc1-c1ccc(N)cc1O.N=CC=N. The minimum absolute atomic E-state index is 0.143. The Hall–Kier alpha value is -2.80. The maximum atomic E-state index is 10.1. The van der Waals surface area contributed by atoms with Gasteiger partial charge in [-0.25, -0.2) is 0 Å². The first kappa shape index (κ1) is 20.5. The molecule has 1 aliphatic rings. The maximum Gasteiger partial charge on any atom is 0.127 e. The van der Waals surface area contributed by atoms with E-state index in [1.54, 1.807) is 18.2 Å². The van der Waals surface area contributed by atoms with Gasteiger partial charge in [-0.3, -0.25) is 0 Å². The largest absolute Gasteiger partial charge is 0.507 e. The van der Waals surface area contributed by atoms with Crippen LogP contribution in [0.2, 0.25) is 0 Å². The van der Waals surface area contributed by atoms with E-state index >= 15 is 0 Å². The quantitative estimate of drug-likeness (QED) is 0.488. The van der Waals surface area contributed by atoms with Crippen LogP contribution >= 0.6 is 0 Å². The van der Waals surface area contributed by atoms with Gasteiger partial charge in [-0.1, -0.05) is 0 Å². The highest BCUT2D eigenvalue weighted by Crippen LogP contribution is 2.31. The van der Waals surface area contributed by atoms with Crippen LogP contribution in [0.1, 0.15) is 24.1 Å². The molecule has 1 atom stereocenters. The van der Waals surface area contributed by atoms with Crippen molar-refractivity contribution in [2.45, 2.75) is 26.2 Å². The predicted octanol–water partition coefficient (Wildman–Crippen LogP) is 2.91. The van der Waals surface area contributed by atoms with Crippen molar-refractivity contribution in [1.29, 1.82) is 10.8 Å². The van der Waals surface area contributed by atoms with Crippen LogP contribution in [0.3, 0.4) is 0 Å². The molecule has 144 valence electrons. The third-order valence-electron chi connectivity index (χ3n) is 4.62. The number of aromatic nitrogens is 2. The van der Waals surface area contributed by atoms with Crippen molar-refractivity contribution >= 4 is 18.1 Å². The molecule has 0 saturated carbocycles. The van der Waals surface area contributed by atoms with E-state index in [0.29, 0.717) is 22.9 Å². The fraction of sp³-hybridized carbons (Fsp3) is 0.400. The summed E-state index contributed by atoms with van der Waals surface area (Å²) in [5.74, 6) is 0.794. The molecule has 2 heterocycles. The Balaban J connectivity index is 0.000000596. The molecule has 0 radical (unpaired) electrons. The van der Waals surface area contributed by atoms with Gasteiger partial charge in [0.2, 0.25) is 0 Å². The van der Waals surface area contributed by atoms with Gasteiger partial charge < -0.3 is 26.6 Å². The molecular formula is C20H28N6O. The van der Waals surface area contributed by atoms with Crippen LogP contribution in [0.5, 0.6) is 5.75 Å². The number of rotatable bonds is 4. The Bertz CT molecular complexity index is 786. The number of nitrogens with two attached hydrogens (primary N) is 1. The van der Waals surface area contributed by atoms with Gasteiger partial charge in [-0.2, -0.15) is 5.10 Å². The number of nitrogens with one attached hydrogen (secondary N) is 2. The van der Waals surface area contributed by atoms with Crippen molar-refractivity contribution in [3.8, 4) is 17.0 Å². The third kappa shape index (κ3) is 5.86. The molecule has 1 aromatic heterocycles. The summed E-state index contributed by atoms with van der Waals surface area (Å²) in [5.41, 5.74) is 9.67. The lowest BCUT2D eigenvalue weighted by Crippen LogP contribution is -2.33. The first-order valence-corrected chi connectivity index (χ1v) is 9.04. The van der Waals surface area contributed by atoms with E-state index in [1.165, 1.54) is 19.4 Å². The van der Waals surface area contributed by atoms with E-state index < -0.39 is 0 Å². The van der Waals surface area contributed by atoms with Crippen molar-refractivity contribution < 1.29 is 5.11 Å². The van der Waals surface area contributed by atoms with Crippen molar-refractivity contribution in [2.75, 3.05) is 25.9 Å².